The molecule has 1 aliphatic rings. The number of benzene rings is 1. The van der Waals surface area contributed by atoms with Gasteiger partial charge in [-0.05, 0) is 39.7 Å². The van der Waals surface area contributed by atoms with E-state index in [0.29, 0.717) is 13.0 Å². The molecule has 2 rings (SSSR count). The maximum Gasteiger partial charge on any atom is 0.410 e. The molecule has 1 fully saturated rings. The zero-order valence-electron chi connectivity index (χ0n) is 14.7. The molecular weight excluding hydrogens is 308 g/mol. The van der Waals surface area contributed by atoms with Crippen molar-refractivity contribution >= 4 is 12.2 Å². The van der Waals surface area contributed by atoms with Gasteiger partial charge in [-0.3, -0.25) is 0 Å². The summed E-state index contributed by atoms with van der Waals surface area (Å²) >= 11 is 0. The van der Waals surface area contributed by atoms with E-state index in [1.54, 1.807) is 4.90 Å². The van der Waals surface area contributed by atoms with E-state index < -0.39 is 11.7 Å². The molecule has 1 aliphatic heterocycles. The maximum absolute atomic E-state index is 12.2. The molecule has 0 unspecified atom stereocenters. The molecule has 1 N–H and O–H groups in total. The molecular formula is C18H26N2O4. The molecule has 0 aromatic heterocycles. The average Bonchev–Trinajstić information content (AvgIpc) is 2.85. The van der Waals surface area contributed by atoms with Gasteiger partial charge in [-0.15, -0.1) is 0 Å². The average molecular weight is 334 g/mol. The molecule has 2 atom stereocenters. The van der Waals surface area contributed by atoms with Crippen LogP contribution in [-0.2, 0) is 16.1 Å². The van der Waals surface area contributed by atoms with Gasteiger partial charge in [0.1, 0.15) is 12.2 Å². The van der Waals surface area contributed by atoms with Crippen molar-refractivity contribution in [1.82, 2.24) is 10.2 Å². The first kappa shape index (κ1) is 18.1. The zero-order valence-corrected chi connectivity index (χ0v) is 14.7. The minimum atomic E-state index is -0.531. The Morgan fingerprint density at radius 2 is 1.92 bits per heavy atom. The van der Waals surface area contributed by atoms with Crippen molar-refractivity contribution in [3.8, 4) is 0 Å². The van der Waals surface area contributed by atoms with Crippen LogP contribution in [0.15, 0.2) is 30.3 Å². The second kappa shape index (κ2) is 7.55. The van der Waals surface area contributed by atoms with Crippen LogP contribution in [0.1, 0.15) is 39.7 Å². The third-order valence-corrected chi connectivity index (χ3v) is 3.74. The predicted molar refractivity (Wildman–Crippen MR) is 90.6 cm³/mol. The summed E-state index contributed by atoms with van der Waals surface area (Å²) in [5.74, 6) is 0. The van der Waals surface area contributed by atoms with Crippen molar-refractivity contribution < 1.29 is 19.1 Å². The van der Waals surface area contributed by atoms with Gasteiger partial charge in [-0.25, -0.2) is 9.59 Å². The number of alkyl carbamates (subject to hydrolysis) is 1. The summed E-state index contributed by atoms with van der Waals surface area (Å²) in [6.07, 6.45) is -0.140. The minimum Gasteiger partial charge on any atom is -0.445 e. The highest BCUT2D eigenvalue weighted by molar-refractivity contribution is 5.70. The zero-order chi connectivity index (χ0) is 17.7. The van der Waals surface area contributed by atoms with Crippen LogP contribution in [0.3, 0.4) is 0 Å². The van der Waals surface area contributed by atoms with Crippen molar-refractivity contribution in [2.45, 2.75) is 58.4 Å². The largest absolute Gasteiger partial charge is 0.445 e. The molecule has 1 aromatic rings. The van der Waals surface area contributed by atoms with Gasteiger partial charge in [0.2, 0.25) is 0 Å². The van der Waals surface area contributed by atoms with Crippen LogP contribution in [0.5, 0.6) is 0 Å². The second-order valence-electron chi connectivity index (χ2n) is 7.12. The standard InChI is InChI=1S/C18H26N2O4/c1-13-10-15(11-20(13)17(22)24-18(2,3)4)19-16(21)23-12-14-8-6-5-7-9-14/h5-9,13,15H,10-12H2,1-4H3,(H,19,21)/t13-,15-/m0/s1. The van der Waals surface area contributed by atoms with E-state index in [1.807, 2.05) is 58.0 Å². The Labute approximate surface area is 143 Å². The Kier molecular flexibility index (Phi) is 5.70. The first-order chi connectivity index (χ1) is 11.2. The predicted octanol–water partition coefficient (Wildman–Crippen LogP) is 3.31. The van der Waals surface area contributed by atoms with Crippen molar-refractivity contribution in [2.75, 3.05) is 6.54 Å². The van der Waals surface area contributed by atoms with E-state index in [2.05, 4.69) is 5.32 Å². The number of carbonyl (C=O) groups is 2. The lowest BCUT2D eigenvalue weighted by atomic mass is 10.2. The first-order valence-electron chi connectivity index (χ1n) is 8.21. The molecule has 2 amide bonds. The molecule has 1 aromatic carbocycles. The molecule has 0 aliphatic carbocycles. The van der Waals surface area contributed by atoms with Gasteiger partial charge in [0.15, 0.2) is 0 Å². The minimum absolute atomic E-state index is 0.0132. The summed E-state index contributed by atoms with van der Waals surface area (Å²) in [5.41, 5.74) is 0.402. The van der Waals surface area contributed by atoms with Gasteiger partial charge in [-0.2, -0.15) is 0 Å². The van der Waals surface area contributed by atoms with Gasteiger partial charge >= 0.3 is 12.2 Å². The Morgan fingerprint density at radius 1 is 1.25 bits per heavy atom. The van der Waals surface area contributed by atoms with Gasteiger partial charge in [0, 0.05) is 12.6 Å². The number of ether oxygens (including phenoxy) is 2. The first-order valence-corrected chi connectivity index (χ1v) is 8.21. The summed E-state index contributed by atoms with van der Waals surface area (Å²) < 4.78 is 10.6. The number of amides is 2. The molecule has 132 valence electrons. The number of carbonyl (C=O) groups excluding carboxylic acids is 2. The maximum atomic E-state index is 12.2. The monoisotopic (exact) mass is 334 g/mol. The third-order valence-electron chi connectivity index (χ3n) is 3.74. The molecule has 1 heterocycles. The number of nitrogens with one attached hydrogen (secondary N) is 1. The van der Waals surface area contributed by atoms with Crippen LogP contribution in [0, 0.1) is 0 Å². The highest BCUT2D eigenvalue weighted by Gasteiger charge is 2.35. The van der Waals surface area contributed by atoms with Crippen molar-refractivity contribution in [3.63, 3.8) is 0 Å². The van der Waals surface area contributed by atoms with Crippen molar-refractivity contribution in [1.29, 1.82) is 0 Å². The second-order valence-corrected chi connectivity index (χ2v) is 7.12. The summed E-state index contributed by atoms with van der Waals surface area (Å²) in [6, 6.07) is 9.39. The van der Waals surface area contributed by atoms with Crippen molar-refractivity contribution in [3.05, 3.63) is 35.9 Å². The smallest absolute Gasteiger partial charge is 0.410 e. The fourth-order valence-corrected chi connectivity index (χ4v) is 2.64. The van der Waals surface area contributed by atoms with Crippen molar-refractivity contribution in [2.24, 2.45) is 0 Å². The van der Waals surface area contributed by atoms with Crippen LogP contribution < -0.4 is 5.32 Å². The third kappa shape index (κ3) is 5.44. The number of hydrogen-bond acceptors (Lipinski definition) is 4. The summed E-state index contributed by atoms with van der Waals surface area (Å²) in [7, 11) is 0. The quantitative estimate of drug-likeness (QED) is 0.921. The van der Waals surface area contributed by atoms with E-state index in [0.717, 1.165) is 5.56 Å². The topological polar surface area (TPSA) is 67.9 Å². The lowest BCUT2D eigenvalue weighted by Crippen LogP contribution is -2.41. The van der Waals surface area contributed by atoms with Crippen LogP contribution in [0.4, 0.5) is 9.59 Å². The summed E-state index contributed by atoms with van der Waals surface area (Å²) in [6.45, 7) is 8.11. The summed E-state index contributed by atoms with van der Waals surface area (Å²) in [4.78, 5) is 25.7. The van der Waals surface area contributed by atoms with Crippen LogP contribution >= 0.6 is 0 Å². The molecule has 1 saturated heterocycles. The Hall–Kier alpha value is -2.24. The summed E-state index contributed by atoms with van der Waals surface area (Å²) in [5, 5.41) is 2.82. The van der Waals surface area contributed by atoms with Gasteiger partial charge in [0.25, 0.3) is 0 Å². The van der Waals surface area contributed by atoms with Crippen LogP contribution in [-0.4, -0.2) is 41.3 Å². The molecule has 0 spiro atoms. The van der Waals surface area contributed by atoms with E-state index in [-0.39, 0.29) is 24.8 Å². The Balaban J connectivity index is 1.79. The molecule has 0 bridgehead atoms. The Morgan fingerprint density at radius 3 is 2.54 bits per heavy atom. The number of hydrogen-bond donors (Lipinski definition) is 1. The fraction of sp³-hybridized carbons (Fsp3) is 0.556. The number of rotatable bonds is 3. The highest BCUT2D eigenvalue weighted by atomic mass is 16.6. The van der Waals surface area contributed by atoms with Gasteiger partial charge < -0.3 is 19.7 Å². The lowest BCUT2D eigenvalue weighted by molar-refractivity contribution is 0.0235. The molecule has 6 nitrogen and oxygen atoms in total. The van der Waals surface area contributed by atoms with E-state index in [9.17, 15) is 9.59 Å². The Bertz CT molecular complexity index is 568. The normalized spacial score (nSPS) is 20.6. The highest BCUT2D eigenvalue weighted by Crippen LogP contribution is 2.21. The van der Waals surface area contributed by atoms with E-state index in [4.69, 9.17) is 9.47 Å². The lowest BCUT2D eigenvalue weighted by Gasteiger charge is -2.26. The van der Waals surface area contributed by atoms with Gasteiger partial charge in [-0.1, -0.05) is 30.3 Å². The van der Waals surface area contributed by atoms with E-state index >= 15 is 0 Å². The van der Waals surface area contributed by atoms with Gasteiger partial charge in [0.05, 0.1) is 6.04 Å². The molecule has 0 radical (unpaired) electrons. The SMILES string of the molecule is C[C@H]1C[C@H](NC(=O)OCc2ccccc2)CN1C(=O)OC(C)(C)C. The molecule has 0 saturated carbocycles. The van der Waals surface area contributed by atoms with Crippen LogP contribution in [0.2, 0.25) is 0 Å². The number of likely N-dealkylation sites (tertiary alicyclic amines) is 1. The molecule has 6 heteroatoms. The van der Waals surface area contributed by atoms with Crippen LogP contribution in [0.25, 0.3) is 0 Å². The van der Waals surface area contributed by atoms with E-state index in [1.165, 1.54) is 0 Å². The number of nitrogens with zero attached hydrogens (tertiary/aromatic N) is 1. The fourth-order valence-electron chi connectivity index (χ4n) is 2.64. The molecule has 24 heavy (non-hydrogen) atoms.